The molecule has 2 bridgehead atoms. The van der Waals surface area contributed by atoms with E-state index in [-0.39, 0.29) is 26.3 Å². The maximum atomic E-state index is 13.2. The summed E-state index contributed by atoms with van der Waals surface area (Å²) in [4.78, 5) is 75.8. The van der Waals surface area contributed by atoms with Gasteiger partial charge in [-0.05, 0) is 48.7 Å². The smallest absolute Gasteiger partial charge is 0.325 e. The molecule has 8 unspecified atom stereocenters. The standard InChI is InChI=1S/C26H32N4O10/c1-5-39-13(31)9-27-23(33)21-19-15-11-7-8-12(18(26(36)38-4)17(11)25(35)37-3)16(15)20(19)22(30-29-21)24(34)28-10-14(32)40-6-2/h7-8,11-12,15-18,21-22H,5-6,9-10H2,1-4H3,(H,27,33)(H,28,34). The van der Waals surface area contributed by atoms with Gasteiger partial charge in [0.15, 0.2) is 12.1 Å². The van der Waals surface area contributed by atoms with Gasteiger partial charge in [-0.25, -0.2) is 0 Å². The minimum absolute atomic E-state index is 0.144. The van der Waals surface area contributed by atoms with Crippen molar-refractivity contribution in [2.45, 2.75) is 25.9 Å². The van der Waals surface area contributed by atoms with Crippen molar-refractivity contribution >= 4 is 35.7 Å². The molecule has 4 aliphatic carbocycles. The molecule has 2 N–H and O–H groups in total. The summed E-state index contributed by atoms with van der Waals surface area (Å²) < 4.78 is 19.8. The van der Waals surface area contributed by atoms with Crippen LogP contribution in [0.3, 0.4) is 0 Å². The monoisotopic (exact) mass is 560 g/mol. The number of allylic oxidation sites excluding steroid dienone is 2. The van der Waals surface area contributed by atoms with E-state index in [1.807, 2.05) is 12.2 Å². The number of hydrogen-bond acceptors (Lipinski definition) is 12. The molecule has 216 valence electrons. The number of ether oxygens (including phenoxy) is 4. The zero-order valence-corrected chi connectivity index (χ0v) is 22.6. The minimum atomic E-state index is -1.16. The Morgan fingerprint density at radius 2 is 1.07 bits per heavy atom. The Balaban J connectivity index is 1.69. The van der Waals surface area contributed by atoms with Crippen LogP contribution in [0.5, 0.6) is 0 Å². The van der Waals surface area contributed by atoms with Crippen LogP contribution in [0.2, 0.25) is 0 Å². The highest BCUT2D eigenvalue weighted by atomic mass is 16.5. The van der Waals surface area contributed by atoms with Gasteiger partial charge in [0.05, 0.1) is 39.3 Å². The van der Waals surface area contributed by atoms with Gasteiger partial charge in [0.2, 0.25) is 0 Å². The number of hydrogen-bond donors (Lipinski definition) is 2. The van der Waals surface area contributed by atoms with E-state index in [1.54, 1.807) is 13.8 Å². The quantitative estimate of drug-likeness (QED) is 0.200. The lowest BCUT2D eigenvalue weighted by molar-refractivity contribution is -0.169. The maximum Gasteiger partial charge on any atom is 0.325 e. The molecule has 14 heteroatoms. The molecule has 0 aromatic rings. The molecule has 1 fully saturated rings. The van der Waals surface area contributed by atoms with Crippen LogP contribution in [-0.4, -0.2) is 88.3 Å². The third-order valence-corrected chi connectivity index (χ3v) is 7.79. The fourth-order valence-corrected chi connectivity index (χ4v) is 6.37. The summed E-state index contributed by atoms with van der Waals surface area (Å²) >= 11 is 0. The molecule has 1 saturated carbocycles. The molecular weight excluding hydrogens is 528 g/mol. The number of fused-ring (bicyclic) bond motifs is 1. The first kappa shape index (κ1) is 28.9. The van der Waals surface area contributed by atoms with Crippen LogP contribution in [0, 0.1) is 35.5 Å². The first-order valence-electron chi connectivity index (χ1n) is 13.0. The number of carbonyl (C=O) groups is 6. The Morgan fingerprint density at radius 1 is 0.700 bits per heavy atom. The number of esters is 4. The molecule has 14 nitrogen and oxygen atoms in total. The van der Waals surface area contributed by atoms with Gasteiger partial charge in [-0.15, -0.1) is 0 Å². The van der Waals surface area contributed by atoms with E-state index in [0.29, 0.717) is 11.1 Å². The summed E-state index contributed by atoms with van der Waals surface area (Å²) in [6.45, 7) is 2.79. The van der Waals surface area contributed by atoms with E-state index in [4.69, 9.17) is 18.9 Å². The Hall–Kier alpha value is -4.10. The molecule has 5 rings (SSSR count). The Kier molecular flexibility index (Phi) is 8.64. The number of nitrogens with one attached hydrogen (secondary N) is 2. The topological polar surface area (TPSA) is 188 Å². The van der Waals surface area contributed by atoms with Crippen molar-refractivity contribution in [3.63, 3.8) is 0 Å². The number of carbonyl (C=O) groups excluding carboxylic acids is 6. The highest BCUT2D eigenvalue weighted by Gasteiger charge is 2.66. The molecule has 40 heavy (non-hydrogen) atoms. The predicted molar refractivity (Wildman–Crippen MR) is 133 cm³/mol. The minimum Gasteiger partial charge on any atom is -0.469 e. The summed E-state index contributed by atoms with van der Waals surface area (Å²) in [7, 11) is 2.46. The van der Waals surface area contributed by atoms with Crippen LogP contribution >= 0.6 is 0 Å². The second-order valence-electron chi connectivity index (χ2n) is 9.68. The van der Waals surface area contributed by atoms with Crippen molar-refractivity contribution in [3.8, 4) is 0 Å². The molecule has 0 spiro atoms. The number of azo groups is 1. The molecule has 0 saturated heterocycles. The second kappa shape index (κ2) is 12.0. The van der Waals surface area contributed by atoms with Gasteiger partial charge in [-0.2, -0.15) is 10.2 Å². The number of amides is 2. The largest absolute Gasteiger partial charge is 0.469 e. The van der Waals surface area contributed by atoms with Gasteiger partial charge < -0.3 is 29.6 Å². The van der Waals surface area contributed by atoms with Crippen molar-refractivity contribution in [2.24, 2.45) is 45.7 Å². The summed E-state index contributed by atoms with van der Waals surface area (Å²) in [5.74, 6) is -7.38. The average Bonchev–Trinajstić information content (AvgIpc) is 2.94. The molecule has 0 radical (unpaired) electrons. The van der Waals surface area contributed by atoms with Crippen molar-refractivity contribution in [1.82, 2.24) is 10.6 Å². The van der Waals surface area contributed by atoms with Crippen LogP contribution in [0.1, 0.15) is 13.8 Å². The van der Waals surface area contributed by atoms with E-state index in [1.165, 1.54) is 14.2 Å². The predicted octanol–water partition coefficient (Wildman–Crippen LogP) is -0.515. The Morgan fingerprint density at radius 3 is 1.40 bits per heavy atom. The molecule has 5 aliphatic rings. The lowest BCUT2D eigenvalue weighted by Crippen LogP contribution is -2.63. The molecule has 1 aliphatic heterocycles. The molecule has 0 aromatic heterocycles. The third-order valence-electron chi connectivity index (χ3n) is 7.79. The SMILES string of the molecule is CCOC(=O)CNC(=O)C1N=NC(C(=O)NCC(=O)OCC)C2=C1C1C3C=CC(C(C(=O)OC)C3C(=O)OC)C21. The van der Waals surface area contributed by atoms with E-state index in [9.17, 15) is 28.8 Å². The van der Waals surface area contributed by atoms with E-state index in [0.717, 1.165) is 0 Å². The normalized spacial score (nSPS) is 30.7. The number of rotatable bonds is 10. The van der Waals surface area contributed by atoms with Crippen molar-refractivity contribution < 1.29 is 47.7 Å². The van der Waals surface area contributed by atoms with Crippen LogP contribution in [0.15, 0.2) is 33.5 Å². The van der Waals surface area contributed by atoms with Crippen LogP contribution in [0.4, 0.5) is 0 Å². The average molecular weight is 561 g/mol. The van der Waals surface area contributed by atoms with Crippen molar-refractivity contribution in [2.75, 3.05) is 40.5 Å². The van der Waals surface area contributed by atoms with E-state index >= 15 is 0 Å². The molecule has 0 aromatic carbocycles. The van der Waals surface area contributed by atoms with Crippen LogP contribution in [0.25, 0.3) is 0 Å². The summed E-state index contributed by atoms with van der Waals surface area (Å²) in [5, 5.41) is 13.2. The van der Waals surface area contributed by atoms with Crippen molar-refractivity contribution in [3.05, 3.63) is 23.3 Å². The molecular formula is C26H32N4O10. The first-order chi connectivity index (χ1) is 19.2. The van der Waals surface area contributed by atoms with Gasteiger partial charge >= 0.3 is 23.9 Å². The highest BCUT2D eigenvalue weighted by Crippen LogP contribution is 2.64. The van der Waals surface area contributed by atoms with Crippen LogP contribution < -0.4 is 10.6 Å². The Bertz CT molecular complexity index is 1110. The van der Waals surface area contributed by atoms with Gasteiger partial charge in [0.1, 0.15) is 13.1 Å². The van der Waals surface area contributed by atoms with Crippen LogP contribution in [-0.2, 0) is 47.7 Å². The maximum absolute atomic E-state index is 13.2. The van der Waals surface area contributed by atoms with Gasteiger partial charge in [0.25, 0.3) is 11.8 Å². The van der Waals surface area contributed by atoms with E-state index in [2.05, 4.69) is 20.9 Å². The van der Waals surface area contributed by atoms with Gasteiger partial charge in [-0.3, -0.25) is 28.8 Å². The summed E-state index contributed by atoms with van der Waals surface area (Å²) in [6.07, 6.45) is 3.65. The van der Waals surface area contributed by atoms with Crippen molar-refractivity contribution in [1.29, 1.82) is 0 Å². The Labute approximate surface area is 229 Å². The number of methoxy groups -OCH3 is 2. The fraction of sp³-hybridized carbons (Fsp3) is 0.615. The lowest BCUT2D eigenvalue weighted by atomic mass is 9.43. The van der Waals surface area contributed by atoms with Gasteiger partial charge in [-0.1, -0.05) is 12.2 Å². The lowest BCUT2D eigenvalue weighted by Gasteiger charge is -2.60. The zero-order chi connectivity index (χ0) is 29.1. The van der Waals surface area contributed by atoms with E-state index < -0.39 is 83.3 Å². The molecule has 1 heterocycles. The highest BCUT2D eigenvalue weighted by molar-refractivity contribution is 5.94. The third kappa shape index (κ3) is 4.97. The number of nitrogens with zero attached hydrogens (tertiary/aromatic N) is 2. The van der Waals surface area contributed by atoms with Gasteiger partial charge in [0, 0.05) is 0 Å². The molecule has 8 atom stereocenters. The fourth-order valence-electron chi connectivity index (χ4n) is 6.37. The zero-order valence-electron chi connectivity index (χ0n) is 22.6. The first-order valence-corrected chi connectivity index (χ1v) is 13.0. The molecule has 2 amide bonds. The summed E-state index contributed by atoms with van der Waals surface area (Å²) in [6, 6.07) is -2.33. The second-order valence-corrected chi connectivity index (χ2v) is 9.68. The summed E-state index contributed by atoms with van der Waals surface area (Å²) in [5.41, 5.74) is 0.989.